The second-order valence-electron chi connectivity index (χ2n) is 7.33. The summed E-state index contributed by atoms with van der Waals surface area (Å²) in [6.07, 6.45) is 2.03. The Balaban J connectivity index is 1.70. The predicted molar refractivity (Wildman–Crippen MR) is 118 cm³/mol. The lowest BCUT2D eigenvalue weighted by atomic mass is 9.96. The number of pyridine rings is 1. The fraction of sp³-hybridized carbons (Fsp3) is 0.217. The first-order valence-corrected chi connectivity index (χ1v) is 11.4. The van der Waals surface area contributed by atoms with E-state index in [0.29, 0.717) is 34.4 Å². The average Bonchev–Trinajstić information content (AvgIpc) is 3.24. The van der Waals surface area contributed by atoms with Crippen LogP contribution in [-0.2, 0) is 36.2 Å². The van der Waals surface area contributed by atoms with Crippen LogP contribution in [0, 0.1) is 0 Å². The van der Waals surface area contributed by atoms with E-state index in [0.717, 1.165) is 5.56 Å². The van der Waals surface area contributed by atoms with Crippen LogP contribution < -0.4 is 4.72 Å². The highest BCUT2D eigenvalue weighted by Crippen LogP contribution is 2.25. The number of aliphatic imine (C=N–C) groups is 1. The standard InChI is InChI=1S/C23H23N3O4S/c27-14-18-9-8-17(12-19(18)15-28)21(11-16-5-2-1-3-6-16)26-31(29,30)23-20-7-4-10-24-22(20)13-25-23/h1-10,12,21,26-28H,11,13-15H2. The highest BCUT2D eigenvalue weighted by molar-refractivity contribution is 8.05. The van der Waals surface area contributed by atoms with Crippen molar-refractivity contribution in [3.8, 4) is 0 Å². The summed E-state index contributed by atoms with van der Waals surface area (Å²) >= 11 is 0. The minimum atomic E-state index is -3.93. The van der Waals surface area contributed by atoms with E-state index < -0.39 is 16.1 Å². The molecule has 0 fully saturated rings. The van der Waals surface area contributed by atoms with Crippen molar-refractivity contribution in [2.24, 2.45) is 4.99 Å². The lowest BCUT2D eigenvalue weighted by molar-refractivity contribution is 0.260. The van der Waals surface area contributed by atoms with Gasteiger partial charge in [0, 0.05) is 11.8 Å². The van der Waals surface area contributed by atoms with Gasteiger partial charge in [0.25, 0.3) is 10.0 Å². The summed E-state index contributed by atoms with van der Waals surface area (Å²) in [4.78, 5) is 8.43. The molecule has 7 nitrogen and oxygen atoms in total. The molecule has 0 saturated heterocycles. The average molecular weight is 438 g/mol. The molecule has 0 aliphatic carbocycles. The minimum absolute atomic E-state index is 0.0111. The zero-order valence-electron chi connectivity index (χ0n) is 16.8. The summed E-state index contributed by atoms with van der Waals surface area (Å²) in [5.74, 6) is 0. The molecule has 1 aliphatic heterocycles. The quantitative estimate of drug-likeness (QED) is 0.525. The van der Waals surface area contributed by atoms with Gasteiger partial charge < -0.3 is 10.2 Å². The molecule has 0 spiro atoms. The predicted octanol–water partition coefficient (Wildman–Crippen LogP) is 2.23. The Hall–Kier alpha value is -2.91. The topological polar surface area (TPSA) is 112 Å². The number of aliphatic hydroxyl groups is 2. The van der Waals surface area contributed by atoms with Crippen molar-refractivity contribution in [1.82, 2.24) is 9.71 Å². The maximum Gasteiger partial charge on any atom is 0.258 e. The first-order chi connectivity index (χ1) is 15.0. The summed E-state index contributed by atoms with van der Waals surface area (Å²) in [5, 5.41) is 19.2. The van der Waals surface area contributed by atoms with E-state index in [4.69, 9.17) is 0 Å². The molecule has 160 valence electrons. The van der Waals surface area contributed by atoms with Crippen LogP contribution in [0.3, 0.4) is 0 Å². The number of nitrogens with zero attached hydrogens (tertiary/aromatic N) is 2. The number of aromatic nitrogens is 1. The molecule has 1 aliphatic rings. The van der Waals surface area contributed by atoms with Crippen molar-refractivity contribution in [2.45, 2.75) is 32.2 Å². The number of sulfonamides is 1. The summed E-state index contributed by atoms with van der Waals surface area (Å²) < 4.78 is 29.4. The first-order valence-electron chi connectivity index (χ1n) is 9.90. The summed E-state index contributed by atoms with van der Waals surface area (Å²) in [5.41, 5.74) is 3.97. The lowest BCUT2D eigenvalue weighted by Crippen LogP contribution is -2.35. The fourth-order valence-electron chi connectivity index (χ4n) is 3.70. The van der Waals surface area contributed by atoms with E-state index in [1.807, 2.05) is 30.3 Å². The van der Waals surface area contributed by atoms with Crippen LogP contribution in [0.25, 0.3) is 0 Å². The summed E-state index contributed by atoms with van der Waals surface area (Å²) in [7, 11) is -3.93. The van der Waals surface area contributed by atoms with Crippen LogP contribution in [0.5, 0.6) is 0 Å². The number of hydrogen-bond donors (Lipinski definition) is 3. The molecule has 1 unspecified atom stereocenters. The second kappa shape index (κ2) is 9.07. The SMILES string of the molecule is O=S(=O)(NC(Cc1ccccc1)c1ccc(CO)c(CO)c1)C1=NCc2ncccc21. The number of rotatable bonds is 7. The first kappa shape index (κ1) is 21.3. The van der Waals surface area contributed by atoms with Crippen molar-refractivity contribution < 1.29 is 18.6 Å². The molecule has 0 saturated carbocycles. The number of benzene rings is 2. The third-order valence-electron chi connectivity index (χ3n) is 5.30. The van der Waals surface area contributed by atoms with E-state index in [-0.39, 0.29) is 24.8 Å². The van der Waals surface area contributed by atoms with E-state index in [9.17, 15) is 18.6 Å². The molecule has 0 radical (unpaired) electrons. The van der Waals surface area contributed by atoms with Crippen molar-refractivity contribution in [1.29, 1.82) is 0 Å². The molecular weight excluding hydrogens is 414 g/mol. The number of nitrogens with one attached hydrogen (secondary N) is 1. The summed E-state index contributed by atoms with van der Waals surface area (Å²) in [6.45, 7) is -0.220. The van der Waals surface area contributed by atoms with Crippen molar-refractivity contribution in [3.63, 3.8) is 0 Å². The Morgan fingerprint density at radius 2 is 1.74 bits per heavy atom. The fourth-order valence-corrected chi connectivity index (χ4v) is 5.12. The Bertz CT molecular complexity index is 1210. The van der Waals surface area contributed by atoms with Crippen LogP contribution in [0.2, 0.25) is 0 Å². The number of hydrogen-bond acceptors (Lipinski definition) is 6. The van der Waals surface area contributed by atoms with Crippen molar-refractivity contribution in [2.75, 3.05) is 0 Å². The normalized spacial score (nSPS) is 14.2. The molecule has 0 amide bonds. The molecule has 1 aromatic heterocycles. The molecule has 31 heavy (non-hydrogen) atoms. The highest BCUT2D eigenvalue weighted by Gasteiger charge is 2.31. The maximum atomic E-state index is 13.3. The van der Waals surface area contributed by atoms with E-state index in [1.165, 1.54) is 0 Å². The monoisotopic (exact) mass is 437 g/mol. The van der Waals surface area contributed by atoms with Gasteiger partial charge in [-0.15, -0.1) is 0 Å². The van der Waals surface area contributed by atoms with Gasteiger partial charge in [-0.3, -0.25) is 9.98 Å². The largest absolute Gasteiger partial charge is 0.392 e. The van der Waals surface area contributed by atoms with E-state index >= 15 is 0 Å². The molecule has 0 bridgehead atoms. The van der Waals surface area contributed by atoms with Gasteiger partial charge in [0.15, 0.2) is 5.04 Å². The van der Waals surface area contributed by atoms with Crippen LogP contribution in [0.4, 0.5) is 0 Å². The molecule has 4 rings (SSSR count). The third kappa shape index (κ3) is 4.57. The zero-order chi connectivity index (χ0) is 21.8. The number of fused-ring (bicyclic) bond motifs is 1. The van der Waals surface area contributed by atoms with Gasteiger partial charge in [-0.25, -0.2) is 13.1 Å². The van der Waals surface area contributed by atoms with Gasteiger partial charge in [-0.05, 0) is 40.8 Å². The Morgan fingerprint density at radius 1 is 0.968 bits per heavy atom. The van der Waals surface area contributed by atoms with Crippen LogP contribution in [-0.4, -0.2) is 28.7 Å². The van der Waals surface area contributed by atoms with Gasteiger partial charge >= 0.3 is 0 Å². The van der Waals surface area contributed by atoms with Gasteiger partial charge in [0.1, 0.15) is 0 Å². The molecule has 2 aromatic carbocycles. The van der Waals surface area contributed by atoms with Gasteiger partial charge in [0.05, 0.1) is 31.5 Å². The van der Waals surface area contributed by atoms with Crippen molar-refractivity contribution >= 4 is 15.1 Å². The Morgan fingerprint density at radius 3 is 2.48 bits per heavy atom. The van der Waals surface area contributed by atoms with Crippen LogP contribution in [0.15, 0.2) is 71.9 Å². The molecule has 8 heteroatoms. The van der Waals surface area contributed by atoms with E-state index in [1.54, 1.807) is 36.5 Å². The molecule has 2 heterocycles. The highest BCUT2D eigenvalue weighted by atomic mass is 32.2. The van der Waals surface area contributed by atoms with Crippen molar-refractivity contribution in [3.05, 3.63) is 100 Å². The van der Waals surface area contributed by atoms with Crippen LogP contribution in [0.1, 0.15) is 39.6 Å². The molecular formula is C23H23N3O4S. The zero-order valence-corrected chi connectivity index (χ0v) is 17.6. The Labute approximate surface area is 181 Å². The van der Waals surface area contributed by atoms with Gasteiger partial charge in [0.2, 0.25) is 0 Å². The molecule has 3 N–H and O–H groups in total. The summed E-state index contributed by atoms with van der Waals surface area (Å²) in [6, 6.07) is 17.6. The Kier molecular flexibility index (Phi) is 6.24. The van der Waals surface area contributed by atoms with Crippen LogP contribution >= 0.6 is 0 Å². The lowest BCUT2D eigenvalue weighted by Gasteiger charge is -2.21. The number of aliphatic hydroxyl groups excluding tert-OH is 2. The van der Waals surface area contributed by atoms with Gasteiger partial charge in [-0.2, -0.15) is 0 Å². The molecule has 1 atom stereocenters. The minimum Gasteiger partial charge on any atom is -0.392 e. The second-order valence-corrected chi connectivity index (χ2v) is 8.96. The molecule has 3 aromatic rings. The van der Waals surface area contributed by atoms with E-state index in [2.05, 4.69) is 14.7 Å². The third-order valence-corrected chi connectivity index (χ3v) is 6.75. The van der Waals surface area contributed by atoms with Gasteiger partial charge in [-0.1, -0.05) is 48.5 Å². The maximum absolute atomic E-state index is 13.3. The smallest absolute Gasteiger partial charge is 0.258 e.